The Bertz CT molecular complexity index is 536. The van der Waals surface area contributed by atoms with Crippen molar-refractivity contribution in [1.82, 2.24) is 9.88 Å². The predicted octanol–water partition coefficient (Wildman–Crippen LogP) is 0.437. The quantitative estimate of drug-likeness (QED) is 0.575. The van der Waals surface area contributed by atoms with Crippen molar-refractivity contribution in [2.45, 2.75) is 29.5 Å². The number of imide groups is 1. The van der Waals surface area contributed by atoms with Gasteiger partial charge in [-0.2, -0.15) is 0 Å². The van der Waals surface area contributed by atoms with Crippen LogP contribution in [0.2, 0.25) is 0 Å². The second-order valence-corrected chi connectivity index (χ2v) is 6.85. The third-order valence-electron chi connectivity index (χ3n) is 2.79. The van der Waals surface area contributed by atoms with Gasteiger partial charge in [0.25, 0.3) is 0 Å². The number of carboxylic acid groups (broad SMARTS) is 1. The Hall–Kier alpha value is -1.54. The van der Waals surface area contributed by atoms with Crippen LogP contribution in [0.5, 0.6) is 0 Å². The van der Waals surface area contributed by atoms with Crippen LogP contribution < -0.4 is 5.11 Å². The largest absolute Gasteiger partial charge is 0.547 e. The fourth-order valence-electron chi connectivity index (χ4n) is 1.74. The smallest absolute Gasteiger partial charge is 0.231 e. The molecule has 0 radical (unpaired) electrons. The number of carboxylic acids is 1. The molecule has 6 nitrogen and oxygen atoms in total. The minimum atomic E-state index is -1.73. The van der Waals surface area contributed by atoms with Crippen LogP contribution >= 0.6 is 21.6 Å². The summed E-state index contributed by atoms with van der Waals surface area (Å²) in [6.07, 6.45) is 3.25. The number of amides is 2. The first-order chi connectivity index (χ1) is 9.45. The van der Waals surface area contributed by atoms with Gasteiger partial charge in [-0.3, -0.25) is 19.5 Å². The topological polar surface area (TPSA) is 90.4 Å². The van der Waals surface area contributed by atoms with Crippen LogP contribution in [0.25, 0.3) is 0 Å². The molecule has 2 heterocycles. The molecule has 8 heteroatoms. The predicted molar refractivity (Wildman–Crippen MR) is 72.2 cm³/mol. The lowest BCUT2D eigenvalue weighted by molar-refractivity contribution is -0.312. The summed E-state index contributed by atoms with van der Waals surface area (Å²) < 4.78 is 0. The number of hydrogen-bond donors (Lipinski definition) is 0. The van der Waals surface area contributed by atoms with E-state index in [4.69, 9.17) is 0 Å². The normalized spacial score (nSPS) is 18.1. The molecule has 1 aromatic heterocycles. The Morgan fingerprint density at radius 1 is 1.40 bits per heavy atom. The molecule has 1 atom stereocenters. The molecule has 1 aliphatic heterocycles. The van der Waals surface area contributed by atoms with Crippen molar-refractivity contribution in [3.63, 3.8) is 0 Å². The standard InChI is InChI=1S/C12H12N2O4S2/c1-12(11(17)18,14-9(15)4-5-10(14)16)20-19-8-3-2-6-13-7-8/h2-3,6-7H,4-5H2,1H3,(H,17,18)/p-1. The zero-order chi connectivity index (χ0) is 14.8. The fraction of sp³-hybridized carbons (Fsp3) is 0.333. The molecule has 1 aromatic rings. The zero-order valence-corrected chi connectivity index (χ0v) is 12.2. The number of rotatable bonds is 5. The average Bonchev–Trinajstić information content (AvgIpc) is 2.77. The second kappa shape index (κ2) is 5.84. The average molecular weight is 311 g/mol. The number of likely N-dealkylation sites (tertiary alicyclic amines) is 1. The first-order valence-corrected chi connectivity index (χ1v) is 7.93. The minimum Gasteiger partial charge on any atom is -0.547 e. The van der Waals surface area contributed by atoms with Crippen LogP contribution in [0, 0.1) is 0 Å². The molecular formula is C12H11N2O4S2-. The van der Waals surface area contributed by atoms with E-state index in [1.165, 1.54) is 6.92 Å². The first-order valence-electron chi connectivity index (χ1n) is 5.78. The van der Waals surface area contributed by atoms with E-state index in [2.05, 4.69) is 4.98 Å². The highest BCUT2D eigenvalue weighted by molar-refractivity contribution is 8.77. The lowest BCUT2D eigenvalue weighted by Gasteiger charge is -2.36. The van der Waals surface area contributed by atoms with E-state index >= 15 is 0 Å². The molecule has 1 aliphatic rings. The molecule has 0 aromatic carbocycles. The molecule has 2 rings (SSSR count). The molecular weight excluding hydrogens is 300 g/mol. The molecule has 0 bridgehead atoms. The summed E-state index contributed by atoms with van der Waals surface area (Å²) in [7, 11) is 2.02. The van der Waals surface area contributed by atoms with Crippen LogP contribution in [-0.2, 0) is 14.4 Å². The third-order valence-corrected chi connectivity index (χ3v) is 5.78. The highest BCUT2D eigenvalue weighted by atomic mass is 33.1. The summed E-state index contributed by atoms with van der Waals surface area (Å²) >= 11 is 0. The summed E-state index contributed by atoms with van der Waals surface area (Å²) in [6.45, 7) is 1.30. The maximum atomic E-state index is 11.7. The van der Waals surface area contributed by atoms with Crippen LogP contribution in [0.3, 0.4) is 0 Å². The van der Waals surface area contributed by atoms with Crippen LogP contribution in [0.4, 0.5) is 0 Å². The van der Waals surface area contributed by atoms with Crippen molar-refractivity contribution in [1.29, 1.82) is 0 Å². The lowest BCUT2D eigenvalue weighted by Crippen LogP contribution is -2.57. The summed E-state index contributed by atoms with van der Waals surface area (Å²) in [5.41, 5.74) is 0. The van der Waals surface area contributed by atoms with E-state index in [1.807, 2.05) is 0 Å². The summed E-state index contributed by atoms with van der Waals surface area (Å²) in [4.78, 5) is 38.6. The molecule has 1 fully saturated rings. The van der Waals surface area contributed by atoms with Gasteiger partial charge in [0.05, 0.1) is 5.97 Å². The molecule has 0 aliphatic carbocycles. The number of carbonyl (C=O) groups excluding carboxylic acids is 3. The Labute approximate surface area is 123 Å². The Balaban J connectivity index is 2.19. The monoisotopic (exact) mass is 311 g/mol. The van der Waals surface area contributed by atoms with Crippen molar-refractivity contribution in [2.75, 3.05) is 0 Å². The Kier molecular flexibility index (Phi) is 4.34. The summed E-state index contributed by atoms with van der Waals surface area (Å²) in [5.74, 6) is -2.44. The van der Waals surface area contributed by atoms with Gasteiger partial charge in [0.15, 0.2) is 0 Å². The lowest BCUT2D eigenvalue weighted by atomic mass is 10.3. The maximum absolute atomic E-state index is 11.7. The fourth-order valence-corrected chi connectivity index (χ4v) is 4.08. The minimum absolute atomic E-state index is 0.0415. The van der Waals surface area contributed by atoms with Gasteiger partial charge in [-0.1, -0.05) is 21.6 Å². The first kappa shape index (κ1) is 14.9. The van der Waals surface area contributed by atoms with Crippen molar-refractivity contribution in [2.24, 2.45) is 0 Å². The highest BCUT2D eigenvalue weighted by Gasteiger charge is 2.45. The van der Waals surface area contributed by atoms with E-state index in [0.717, 1.165) is 31.4 Å². The highest BCUT2D eigenvalue weighted by Crippen LogP contribution is 2.44. The second-order valence-electron chi connectivity index (χ2n) is 4.25. The third kappa shape index (κ3) is 2.80. The molecule has 1 unspecified atom stereocenters. The van der Waals surface area contributed by atoms with Gasteiger partial charge in [-0.15, -0.1) is 0 Å². The Morgan fingerprint density at radius 2 is 2.05 bits per heavy atom. The summed E-state index contributed by atoms with van der Waals surface area (Å²) in [5, 5.41) is 11.4. The van der Waals surface area contributed by atoms with Crippen LogP contribution in [0.15, 0.2) is 29.4 Å². The Morgan fingerprint density at radius 3 is 2.55 bits per heavy atom. The molecule has 0 spiro atoms. The molecule has 0 N–H and O–H groups in total. The number of carbonyl (C=O) groups is 3. The van der Waals surface area contributed by atoms with Crippen LogP contribution in [0.1, 0.15) is 19.8 Å². The molecule has 0 saturated carbocycles. The molecule has 2 amide bonds. The number of aromatic nitrogens is 1. The van der Waals surface area contributed by atoms with E-state index < -0.39 is 22.7 Å². The molecule has 1 saturated heterocycles. The van der Waals surface area contributed by atoms with E-state index in [9.17, 15) is 19.5 Å². The molecule has 20 heavy (non-hydrogen) atoms. The van der Waals surface area contributed by atoms with Crippen molar-refractivity contribution >= 4 is 39.4 Å². The van der Waals surface area contributed by atoms with E-state index in [0.29, 0.717) is 0 Å². The summed E-state index contributed by atoms with van der Waals surface area (Å²) in [6, 6.07) is 3.47. The van der Waals surface area contributed by atoms with E-state index in [-0.39, 0.29) is 12.8 Å². The van der Waals surface area contributed by atoms with Gasteiger partial charge in [0.1, 0.15) is 4.87 Å². The van der Waals surface area contributed by atoms with Crippen molar-refractivity contribution < 1.29 is 19.5 Å². The number of hydrogen-bond acceptors (Lipinski definition) is 7. The van der Waals surface area contributed by atoms with E-state index in [1.54, 1.807) is 24.5 Å². The van der Waals surface area contributed by atoms with Gasteiger partial charge < -0.3 is 9.90 Å². The van der Waals surface area contributed by atoms with Gasteiger partial charge in [0.2, 0.25) is 11.8 Å². The van der Waals surface area contributed by atoms with Crippen LogP contribution in [-0.4, -0.2) is 32.5 Å². The zero-order valence-electron chi connectivity index (χ0n) is 10.6. The van der Waals surface area contributed by atoms with Crippen molar-refractivity contribution in [3.8, 4) is 0 Å². The number of aliphatic carboxylic acids is 1. The number of nitrogens with zero attached hydrogens (tertiary/aromatic N) is 2. The SMILES string of the molecule is CC(SSc1cccnc1)(C(=O)[O-])N1C(=O)CCC1=O. The molecule has 106 valence electrons. The van der Waals surface area contributed by atoms with Gasteiger partial charge in [-0.25, -0.2) is 0 Å². The van der Waals surface area contributed by atoms with Gasteiger partial charge in [0, 0.05) is 30.1 Å². The van der Waals surface area contributed by atoms with Crippen molar-refractivity contribution in [3.05, 3.63) is 24.5 Å². The van der Waals surface area contributed by atoms with Gasteiger partial charge >= 0.3 is 0 Å². The van der Waals surface area contributed by atoms with Gasteiger partial charge in [-0.05, 0) is 19.1 Å². The number of pyridine rings is 1. The maximum Gasteiger partial charge on any atom is 0.231 e.